The first-order chi connectivity index (χ1) is 2.81. The fourth-order valence-corrected chi connectivity index (χ4v) is 0.0447. The number of aliphatic hydroxyl groups is 2. The summed E-state index contributed by atoms with van der Waals surface area (Å²) in [5.74, 6) is 0. The second-order valence-electron chi connectivity index (χ2n) is 1.14. The van der Waals surface area contributed by atoms with Gasteiger partial charge in [0.1, 0.15) is 7.05 Å². The standard InChI is InChI=1S/C3H9NO2/c1-4(2-5)3-6/h5-6H,2-3H2,1H3/q+1. The summed E-state index contributed by atoms with van der Waals surface area (Å²) in [7, 11) is 1.61. The minimum Gasteiger partial charge on any atom is -0.344 e. The fourth-order valence-electron chi connectivity index (χ4n) is 0.0447. The third-order valence-corrected chi connectivity index (χ3v) is 0.483. The summed E-state index contributed by atoms with van der Waals surface area (Å²) in [6.07, 6.45) is 0. The molecule has 0 aliphatic heterocycles. The molecular formula is C3H9NO2+. The summed E-state index contributed by atoms with van der Waals surface area (Å²) < 4.78 is 0. The third kappa shape index (κ3) is 2.14. The Hall–Kier alpha value is -0.120. The van der Waals surface area contributed by atoms with Crippen LogP contribution in [0, 0.1) is 0 Å². The highest BCUT2D eigenvalue weighted by molar-refractivity contribution is 4.33. The van der Waals surface area contributed by atoms with E-state index in [0.29, 0.717) is 0 Å². The first kappa shape index (κ1) is 5.88. The first-order valence-corrected chi connectivity index (χ1v) is 1.71. The highest BCUT2D eigenvalue weighted by Gasteiger charge is 1.96. The molecular weight excluding hydrogens is 82.0 g/mol. The normalized spacial score (nSPS) is 10.0. The zero-order valence-corrected chi connectivity index (χ0v) is 3.76. The van der Waals surface area contributed by atoms with Crippen molar-refractivity contribution in [2.75, 3.05) is 20.5 Å². The van der Waals surface area contributed by atoms with Crippen molar-refractivity contribution in [3.8, 4) is 0 Å². The monoisotopic (exact) mass is 91.1 g/mol. The molecule has 2 N–H and O–H groups in total. The van der Waals surface area contributed by atoms with Crippen LogP contribution in [0.1, 0.15) is 0 Å². The van der Waals surface area contributed by atoms with Gasteiger partial charge in [0.15, 0.2) is 0 Å². The number of rotatable bonds is 2. The predicted octanol–water partition coefficient (Wildman–Crippen LogP) is -1.34. The van der Waals surface area contributed by atoms with Gasteiger partial charge in [-0.05, 0) is 0 Å². The second-order valence-corrected chi connectivity index (χ2v) is 1.14. The average molecular weight is 91.1 g/mol. The molecule has 0 atom stereocenters. The molecule has 0 rings (SSSR count). The molecule has 0 aromatic carbocycles. The minimum absolute atomic E-state index is 0.0868. The van der Waals surface area contributed by atoms with E-state index >= 15 is 0 Å². The van der Waals surface area contributed by atoms with Gasteiger partial charge in [-0.25, -0.2) is 0 Å². The molecule has 0 aromatic rings. The number of hydrogen-bond donors (Lipinski definition) is 2. The zero-order chi connectivity index (χ0) is 4.99. The Labute approximate surface area is 36.8 Å². The molecule has 0 saturated heterocycles. The predicted molar refractivity (Wildman–Crippen MR) is 22.2 cm³/mol. The molecule has 1 radical (unpaired) electrons. The van der Waals surface area contributed by atoms with Crippen molar-refractivity contribution in [2.24, 2.45) is 0 Å². The molecule has 0 aliphatic rings. The van der Waals surface area contributed by atoms with Gasteiger partial charge in [0.05, 0.1) is 0 Å². The summed E-state index contributed by atoms with van der Waals surface area (Å²) in [5.41, 5.74) is 0. The molecule has 0 heterocycles. The van der Waals surface area contributed by atoms with Crippen molar-refractivity contribution in [2.45, 2.75) is 0 Å². The summed E-state index contributed by atoms with van der Waals surface area (Å²) in [4.78, 5) is 1.36. The van der Waals surface area contributed by atoms with E-state index in [2.05, 4.69) is 0 Å². The number of hydrogen-bond acceptors (Lipinski definition) is 3. The van der Waals surface area contributed by atoms with E-state index in [-0.39, 0.29) is 13.5 Å². The molecule has 0 saturated carbocycles. The summed E-state index contributed by atoms with van der Waals surface area (Å²) in [6, 6.07) is 0. The van der Waals surface area contributed by atoms with Crippen molar-refractivity contribution in [1.82, 2.24) is 4.90 Å². The van der Waals surface area contributed by atoms with Gasteiger partial charge >= 0.3 is 0 Å². The van der Waals surface area contributed by atoms with Gasteiger partial charge in [0.2, 0.25) is 13.5 Å². The molecule has 0 fully saturated rings. The maximum absolute atomic E-state index is 8.10. The summed E-state index contributed by atoms with van der Waals surface area (Å²) in [5, 5.41) is 16.2. The lowest BCUT2D eigenvalue weighted by atomic mass is 10.9. The van der Waals surface area contributed by atoms with Crippen LogP contribution in [0.2, 0.25) is 0 Å². The lowest BCUT2D eigenvalue weighted by Crippen LogP contribution is -2.26. The molecule has 3 heteroatoms. The van der Waals surface area contributed by atoms with Crippen LogP contribution in [-0.4, -0.2) is 30.7 Å². The Morgan fingerprint density at radius 2 is 1.67 bits per heavy atom. The van der Waals surface area contributed by atoms with Gasteiger partial charge in [-0.3, -0.25) is 0 Å². The SMILES string of the molecule is C[N+](CO)CO. The minimum atomic E-state index is -0.0868. The van der Waals surface area contributed by atoms with Crippen LogP contribution in [0.15, 0.2) is 0 Å². The van der Waals surface area contributed by atoms with Gasteiger partial charge in [-0.15, -0.1) is 4.90 Å². The Bertz CT molecular complexity index is 28.0. The van der Waals surface area contributed by atoms with Crippen LogP contribution in [0.4, 0.5) is 0 Å². The topological polar surface area (TPSA) is 46.4 Å². The molecule has 0 aromatic heterocycles. The Kier molecular flexibility index (Phi) is 3.02. The van der Waals surface area contributed by atoms with Gasteiger partial charge in [0.25, 0.3) is 0 Å². The molecule has 0 spiro atoms. The van der Waals surface area contributed by atoms with Crippen LogP contribution in [0.5, 0.6) is 0 Å². The Balaban J connectivity index is 2.75. The van der Waals surface area contributed by atoms with Crippen LogP contribution < -0.4 is 4.90 Å². The van der Waals surface area contributed by atoms with Crippen LogP contribution in [-0.2, 0) is 0 Å². The van der Waals surface area contributed by atoms with Crippen molar-refractivity contribution >= 4 is 0 Å². The van der Waals surface area contributed by atoms with E-state index < -0.39 is 0 Å². The summed E-state index contributed by atoms with van der Waals surface area (Å²) >= 11 is 0. The highest BCUT2D eigenvalue weighted by Crippen LogP contribution is 1.62. The van der Waals surface area contributed by atoms with Gasteiger partial charge in [-0.2, -0.15) is 0 Å². The maximum atomic E-state index is 8.10. The first-order valence-electron chi connectivity index (χ1n) is 1.71. The fraction of sp³-hybridized carbons (Fsp3) is 1.00. The molecule has 0 bridgehead atoms. The van der Waals surface area contributed by atoms with E-state index in [4.69, 9.17) is 10.2 Å². The van der Waals surface area contributed by atoms with Crippen LogP contribution in [0.25, 0.3) is 0 Å². The van der Waals surface area contributed by atoms with Crippen molar-refractivity contribution in [3.05, 3.63) is 0 Å². The van der Waals surface area contributed by atoms with Crippen molar-refractivity contribution < 1.29 is 10.2 Å². The van der Waals surface area contributed by atoms with Crippen molar-refractivity contribution in [1.29, 1.82) is 0 Å². The van der Waals surface area contributed by atoms with E-state index in [9.17, 15) is 0 Å². The summed E-state index contributed by atoms with van der Waals surface area (Å²) in [6.45, 7) is -0.174. The van der Waals surface area contributed by atoms with E-state index in [1.54, 1.807) is 7.05 Å². The molecule has 0 aliphatic carbocycles. The van der Waals surface area contributed by atoms with E-state index in [1.807, 2.05) is 0 Å². The lowest BCUT2D eigenvalue weighted by Gasteiger charge is -1.93. The largest absolute Gasteiger partial charge is 0.344 e. The third-order valence-electron chi connectivity index (χ3n) is 0.483. The average Bonchev–Trinajstić information content (AvgIpc) is 1.65. The number of aliphatic hydroxyl groups excluding tert-OH is 2. The zero-order valence-electron chi connectivity index (χ0n) is 3.76. The van der Waals surface area contributed by atoms with Gasteiger partial charge < -0.3 is 10.2 Å². The van der Waals surface area contributed by atoms with Gasteiger partial charge in [-0.1, -0.05) is 0 Å². The highest BCUT2D eigenvalue weighted by atomic mass is 16.3. The number of nitrogens with zero attached hydrogens (tertiary/aromatic N) is 1. The maximum Gasteiger partial charge on any atom is 0.225 e. The van der Waals surface area contributed by atoms with Gasteiger partial charge in [0, 0.05) is 0 Å². The Morgan fingerprint density at radius 3 is 1.67 bits per heavy atom. The van der Waals surface area contributed by atoms with E-state index in [0.717, 1.165) is 0 Å². The second kappa shape index (κ2) is 3.08. The molecule has 37 valence electrons. The smallest absolute Gasteiger partial charge is 0.225 e. The van der Waals surface area contributed by atoms with Crippen LogP contribution >= 0.6 is 0 Å². The lowest BCUT2D eigenvalue weighted by molar-refractivity contribution is 0.118. The molecule has 0 amide bonds. The molecule has 6 heavy (non-hydrogen) atoms. The van der Waals surface area contributed by atoms with Crippen LogP contribution in [0.3, 0.4) is 0 Å². The quantitative estimate of drug-likeness (QED) is 0.326. The molecule has 3 nitrogen and oxygen atoms in total. The molecule has 0 unspecified atom stereocenters. The van der Waals surface area contributed by atoms with E-state index in [1.165, 1.54) is 4.90 Å². The Morgan fingerprint density at radius 1 is 1.33 bits per heavy atom. The van der Waals surface area contributed by atoms with Crippen molar-refractivity contribution in [3.63, 3.8) is 0 Å².